The Bertz CT molecular complexity index is 537. The Balaban J connectivity index is 2.17. The summed E-state index contributed by atoms with van der Waals surface area (Å²) in [6.07, 6.45) is 1.15. The SMILES string of the molecule is CC1CCC(C#N)(C(O)c2ccc(SC(F)(F)F)cc2)C1. The van der Waals surface area contributed by atoms with E-state index in [1.807, 2.05) is 6.92 Å². The quantitative estimate of drug-likeness (QED) is 0.825. The highest BCUT2D eigenvalue weighted by molar-refractivity contribution is 8.00. The molecule has 0 amide bonds. The number of nitrogens with zero attached hydrogens (tertiary/aromatic N) is 1. The van der Waals surface area contributed by atoms with Crippen molar-refractivity contribution < 1.29 is 18.3 Å². The molecule has 1 aliphatic rings. The molecule has 0 bridgehead atoms. The highest BCUT2D eigenvalue weighted by atomic mass is 32.2. The lowest BCUT2D eigenvalue weighted by atomic mass is 9.78. The number of aliphatic hydroxyl groups excluding tert-OH is 1. The second-order valence-corrected chi connectivity index (χ2v) is 6.77. The lowest BCUT2D eigenvalue weighted by molar-refractivity contribution is -0.0328. The van der Waals surface area contributed by atoms with Gasteiger partial charge in [-0.15, -0.1) is 0 Å². The van der Waals surface area contributed by atoms with Crippen LogP contribution in [0.2, 0.25) is 0 Å². The molecule has 1 aliphatic carbocycles. The van der Waals surface area contributed by atoms with Gasteiger partial charge in [0, 0.05) is 4.90 Å². The number of rotatable bonds is 3. The number of thioether (sulfide) groups is 1. The van der Waals surface area contributed by atoms with Crippen molar-refractivity contribution in [3.05, 3.63) is 29.8 Å². The van der Waals surface area contributed by atoms with Gasteiger partial charge in [0.25, 0.3) is 0 Å². The molecule has 1 saturated carbocycles. The normalized spacial score (nSPS) is 27.3. The van der Waals surface area contributed by atoms with Crippen molar-refractivity contribution in [2.75, 3.05) is 0 Å². The zero-order chi connectivity index (χ0) is 15.7. The maximum atomic E-state index is 12.3. The van der Waals surface area contributed by atoms with E-state index in [1.54, 1.807) is 0 Å². The van der Waals surface area contributed by atoms with Crippen LogP contribution in [0.5, 0.6) is 0 Å². The Morgan fingerprint density at radius 2 is 2.00 bits per heavy atom. The fourth-order valence-corrected chi connectivity index (χ4v) is 3.45. The van der Waals surface area contributed by atoms with Crippen LogP contribution < -0.4 is 0 Å². The van der Waals surface area contributed by atoms with Gasteiger partial charge in [-0.1, -0.05) is 19.1 Å². The minimum Gasteiger partial charge on any atom is -0.387 e. The van der Waals surface area contributed by atoms with E-state index in [9.17, 15) is 23.5 Å². The fraction of sp³-hybridized carbons (Fsp3) is 0.533. The first-order valence-corrected chi connectivity index (χ1v) is 7.52. The summed E-state index contributed by atoms with van der Waals surface area (Å²) in [4.78, 5) is 0.0734. The minimum atomic E-state index is -4.32. The Hall–Kier alpha value is -1.19. The molecular formula is C15H16F3NOS. The van der Waals surface area contributed by atoms with E-state index in [0.29, 0.717) is 24.3 Å². The Morgan fingerprint density at radius 1 is 1.38 bits per heavy atom. The van der Waals surface area contributed by atoms with Crippen LogP contribution in [0.25, 0.3) is 0 Å². The lowest BCUT2D eigenvalue weighted by Crippen LogP contribution is -2.24. The van der Waals surface area contributed by atoms with Crippen molar-refractivity contribution in [2.24, 2.45) is 11.3 Å². The van der Waals surface area contributed by atoms with Crippen molar-refractivity contribution in [1.29, 1.82) is 5.26 Å². The summed E-state index contributed by atoms with van der Waals surface area (Å²) >= 11 is -0.188. The number of nitriles is 1. The first kappa shape index (κ1) is 16.2. The molecule has 1 N–H and O–H groups in total. The molecule has 0 aromatic heterocycles. The van der Waals surface area contributed by atoms with Gasteiger partial charge in [-0.3, -0.25) is 0 Å². The van der Waals surface area contributed by atoms with E-state index < -0.39 is 17.0 Å². The number of halogens is 3. The molecule has 2 nitrogen and oxygen atoms in total. The molecule has 0 heterocycles. The van der Waals surface area contributed by atoms with Gasteiger partial charge in [0.1, 0.15) is 0 Å². The summed E-state index contributed by atoms with van der Waals surface area (Å²) in [7, 11) is 0. The molecule has 21 heavy (non-hydrogen) atoms. The van der Waals surface area contributed by atoms with Gasteiger partial charge in [-0.25, -0.2) is 0 Å². The smallest absolute Gasteiger partial charge is 0.387 e. The van der Waals surface area contributed by atoms with E-state index >= 15 is 0 Å². The minimum absolute atomic E-state index is 0.0734. The second kappa shape index (κ2) is 5.90. The van der Waals surface area contributed by atoms with Crippen LogP contribution in [-0.2, 0) is 0 Å². The molecule has 0 spiro atoms. The molecule has 1 aromatic carbocycles. The summed E-state index contributed by atoms with van der Waals surface area (Å²) in [5.41, 5.74) is -4.65. The lowest BCUT2D eigenvalue weighted by Gasteiger charge is -2.27. The molecule has 3 atom stereocenters. The van der Waals surface area contributed by atoms with Crippen molar-refractivity contribution >= 4 is 11.8 Å². The molecule has 1 fully saturated rings. The number of benzene rings is 1. The molecule has 0 saturated heterocycles. The first-order chi connectivity index (χ1) is 9.76. The average molecular weight is 315 g/mol. The summed E-state index contributed by atoms with van der Waals surface area (Å²) in [6.45, 7) is 2.04. The number of alkyl halides is 3. The van der Waals surface area contributed by atoms with Crippen molar-refractivity contribution in [3.8, 4) is 6.07 Å². The Kier molecular flexibility index (Phi) is 4.54. The van der Waals surface area contributed by atoms with Crippen LogP contribution in [0.1, 0.15) is 37.9 Å². The summed E-state index contributed by atoms with van der Waals surface area (Å²) in [5, 5.41) is 19.9. The molecule has 114 valence electrons. The number of aliphatic hydroxyl groups is 1. The molecule has 2 rings (SSSR count). The van der Waals surface area contributed by atoms with E-state index in [0.717, 1.165) is 6.42 Å². The maximum absolute atomic E-state index is 12.3. The third kappa shape index (κ3) is 3.72. The van der Waals surface area contributed by atoms with Gasteiger partial charge in [-0.2, -0.15) is 18.4 Å². The van der Waals surface area contributed by atoms with Crippen molar-refractivity contribution in [3.63, 3.8) is 0 Å². The third-order valence-corrected chi connectivity index (χ3v) is 4.71. The first-order valence-electron chi connectivity index (χ1n) is 6.71. The fourth-order valence-electron chi connectivity index (χ4n) is 2.91. The highest BCUT2D eigenvalue weighted by Gasteiger charge is 2.44. The Labute approximate surface area is 126 Å². The predicted octanol–water partition coefficient (Wildman–Crippen LogP) is 4.66. The van der Waals surface area contributed by atoms with Crippen LogP contribution in [-0.4, -0.2) is 10.6 Å². The summed E-state index contributed by atoms with van der Waals surface area (Å²) < 4.78 is 36.8. The summed E-state index contributed by atoms with van der Waals surface area (Å²) in [6, 6.07) is 7.84. The number of hydrogen-bond donors (Lipinski definition) is 1. The predicted molar refractivity (Wildman–Crippen MR) is 74.4 cm³/mol. The third-order valence-electron chi connectivity index (χ3n) is 3.97. The van der Waals surface area contributed by atoms with Gasteiger partial charge in [0.2, 0.25) is 0 Å². The van der Waals surface area contributed by atoms with Crippen LogP contribution in [0, 0.1) is 22.7 Å². The standard InChI is InChI=1S/C15H16F3NOS/c1-10-6-7-14(8-10,9-19)13(20)11-2-4-12(5-3-11)21-15(16,17)18/h2-5,10,13,20H,6-8H2,1H3. The average Bonchev–Trinajstić information content (AvgIpc) is 2.80. The van der Waals surface area contributed by atoms with E-state index in [1.165, 1.54) is 24.3 Å². The van der Waals surface area contributed by atoms with Crippen LogP contribution in [0.3, 0.4) is 0 Å². The zero-order valence-electron chi connectivity index (χ0n) is 11.5. The second-order valence-electron chi connectivity index (χ2n) is 5.64. The van der Waals surface area contributed by atoms with Gasteiger partial charge in [0.05, 0.1) is 17.6 Å². The van der Waals surface area contributed by atoms with Gasteiger partial charge >= 0.3 is 5.51 Å². The van der Waals surface area contributed by atoms with Crippen molar-refractivity contribution in [1.82, 2.24) is 0 Å². The Morgan fingerprint density at radius 3 is 2.43 bits per heavy atom. The van der Waals surface area contributed by atoms with Crippen LogP contribution in [0.4, 0.5) is 13.2 Å². The molecule has 1 aromatic rings. The molecule has 0 radical (unpaired) electrons. The molecule has 3 unspecified atom stereocenters. The topological polar surface area (TPSA) is 44.0 Å². The monoisotopic (exact) mass is 315 g/mol. The van der Waals surface area contributed by atoms with E-state index in [4.69, 9.17) is 0 Å². The highest BCUT2D eigenvalue weighted by Crippen LogP contribution is 2.49. The van der Waals surface area contributed by atoms with E-state index in [-0.39, 0.29) is 16.7 Å². The van der Waals surface area contributed by atoms with E-state index in [2.05, 4.69) is 6.07 Å². The van der Waals surface area contributed by atoms with Crippen LogP contribution in [0.15, 0.2) is 29.2 Å². The molecule has 0 aliphatic heterocycles. The van der Waals surface area contributed by atoms with Gasteiger partial charge < -0.3 is 5.11 Å². The molecule has 6 heteroatoms. The largest absolute Gasteiger partial charge is 0.446 e. The van der Waals surface area contributed by atoms with Crippen LogP contribution >= 0.6 is 11.8 Å². The van der Waals surface area contributed by atoms with Gasteiger partial charge in [0.15, 0.2) is 0 Å². The zero-order valence-corrected chi connectivity index (χ0v) is 12.3. The molecular weight excluding hydrogens is 299 g/mol. The van der Waals surface area contributed by atoms with Crippen molar-refractivity contribution in [2.45, 2.75) is 42.7 Å². The summed E-state index contributed by atoms with van der Waals surface area (Å²) in [5.74, 6) is 0.374. The maximum Gasteiger partial charge on any atom is 0.446 e. The number of hydrogen-bond acceptors (Lipinski definition) is 3. The van der Waals surface area contributed by atoms with Gasteiger partial charge in [-0.05, 0) is 54.6 Å².